The molecule has 27 heavy (non-hydrogen) atoms. The van der Waals surface area contributed by atoms with Crippen molar-refractivity contribution in [2.24, 2.45) is 4.99 Å². The fourth-order valence-corrected chi connectivity index (χ4v) is 3.52. The van der Waals surface area contributed by atoms with Crippen LogP contribution in [-0.2, 0) is 21.1 Å². The lowest BCUT2D eigenvalue weighted by atomic mass is 10.0. The lowest BCUT2D eigenvalue weighted by Crippen LogP contribution is -2.51. The fraction of sp³-hybridized carbons (Fsp3) is 0.632. The van der Waals surface area contributed by atoms with Crippen molar-refractivity contribution in [3.05, 3.63) is 35.9 Å². The largest absolute Gasteiger partial charge is 0.379 e. The molecule has 0 bridgehead atoms. The van der Waals surface area contributed by atoms with Crippen LogP contribution in [0.1, 0.15) is 18.4 Å². The van der Waals surface area contributed by atoms with Crippen LogP contribution in [0.3, 0.4) is 0 Å². The van der Waals surface area contributed by atoms with Gasteiger partial charge in [0.15, 0.2) is 5.96 Å². The number of nitrogens with zero attached hydrogens (tertiary/aromatic N) is 2. The first-order valence-electron chi connectivity index (χ1n) is 9.45. The Hall–Kier alpha value is -1.64. The number of piperidine rings is 1. The van der Waals surface area contributed by atoms with Gasteiger partial charge in [-0.25, -0.2) is 8.42 Å². The van der Waals surface area contributed by atoms with E-state index in [1.807, 2.05) is 6.07 Å². The topological polar surface area (TPSA) is 83.0 Å². The van der Waals surface area contributed by atoms with Gasteiger partial charge in [-0.1, -0.05) is 30.3 Å². The summed E-state index contributed by atoms with van der Waals surface area (Å²) in [6, 6.07) is 10.9. The molecule has 1 saturated heterocycles. The summed E-state index contributed by atoms with van der Waals surface area (Å²) >= 11 is 0. The lowest BCUT2D eigenvalue weighted by molar-refractivity contribution is 0.153. The molecule has 8 heteroatoms. The van der Waals surface area contributed by atoms with Crippen LogP contribution in [0.4, 0.5) is 0 Å². The second-order valence-electron chi connectivity index (χ2n) is 6.95. The van der Waals surface area contributed by atoms with Gasteiger partial charge in [-0.3, -0.25) is 9.89 Å². The fourth-order valence-electron chi connectivity index (χ4n) is 3.10. The summed E-state index contributed by atoms with van der Waals surface area (Å²) in [5, 5.41) is 6.71. The van der Waals surface area contributed by atoms with Crippen molar-refractivity contribution in [1.82, 2.24) is 15.5 Å². The van der Waals surface area contributed by atoms with Gasteiger partial charge in [0.25, 0.3) is 0 Å². The highest BCUT2D eigenvalue weighted by Gasteiger charge is 2.20. The number of likely N-dealkylation sites (tertiary alicyclic amines) is 1. The minimum absolute atomic E-state index is 0.0549. The average molecular weight is 397 g/mol. The van der Waals surface area contributed by atoms with Crippen molar-refractivity contribution in [3.63, 3.8) is 0 Å². The van der Waals surface area contributed by atoms with Gasteiger partial charge in [0.1, 0.15) is 9.84 Å². The van der Waals surface area contributed by atoms with Gasteiger partial charge in [-0.05, 0) is 24.9 Å². The first-order chi connectivity index (χ1) is 13.0. The van der Waals surface area contributed by atoms with E-state index >= 15 is 0 Å². The van der Waals surface area contributed by atoms with Gasteiger partial charge in [-0.2, -0.15) is 0 Å². The molecule has 0 saturated carbocycles. The van der Waals surface area contributed by atoms with Crippen molar-refractivity contribution >= 4 is 15.8 Å². The number of guanidine groups is 1. The van der Waals surface area contributed by atoms with E-state index in [1.165, 1.54) is 11.8 Å². The number of hydrogen-bond donors (Lipinski definition) is 2. The van der Waals surface area contributed by atoms with Gasteiger partial charge < -0.3 is 15.4 Å². The zero-order chi connectivity index (χ0) is 19.5. The number of sulfone groups is 1. The maximum atomic E-state index is 11.1. The minimum atomic E-state index is -2.97. The Kier molecular flexibility index (Phi) is 9.03. The minimum Gasteiger partial charge on any atom is -0.379 e. The van der Waals surface area contributed by atoms with E-state index in [0.717, 1.165) is 38.4 Å². The average Bonchev–Trinajstić information content (AvgIpc) is 2.64. The molecule has 0 spiro atoms. The molecular weight excluding hydrogens is 364 g/mol. The van der Waals surface area contributed by atoms with Gasteiger partial charge in [0.05, 0.1) is 19.0 Å². The molecule has 2 rings (SSSR count). The first kappa shape index (κ1) is 21.7. The van der Waals surface area contributed by atoms with Gasteiger partial charge in [-0.15, -0.1) is 0 Å². The number of hydrogen-bond acceptors (Lipinski definition) is 5. The maximum absolute atomic E-state index is 11.1. The summed E-state index contributed by atoms with van der Waals surface area (Å²) in [6.45, 7) is 4.33. The molecule has 1 unspecified atom stereocenters. The number of aliphatic imine (C=N–C) groups is 1. The van der Waals surface area contributed by atoms with E-state index in [9.17, 15) is 8.42 Å². The van der Waals surface area contributed by atoms with E-state index in [2.05, 4.69) is 44.8 Å². The summed E-state index contributed by atoms with van der Waals surface area (Å²) < 4.78 is 27.5. The van der Waals surface area contributed by atoms with Gasteiger partial charge in [0, 0.05) is 39.0 Å². The number of benzene rings is 1. The van der Waals surface area contributed by atoms with Crippen LogP contribution >= 0.6 is 0 Å². The Balaban J connectivity index is 1.67. The molecule has 1 aliphatic rings. The summed E-state index contributed by atoms with van der Waals surface area (Å²) in [4.78, 5) is 6.74. The summed E-state index contributed by atoms with van der Waals surface area (Å²) in [5.41, 5.74) is 1.34. The van der Waals surface area contributed by atoms with Crippen LogP contribution in [-0.4, -0.2) is 77.2 Å². The predicted molar refractivity (Wildman–Crippen MR) is 110 cm³/mol. The van der Waals surface area contributed by atoms with E-state index in [0.29, 0.717) is 19.2 Å². The molecule has 0 amide bonds. The predicted octanol–water partition coefficient (Wildman–Crippen LogP) is 0.877. The standard InChI is InChI=1S/C19H32N4O3S/c1-20-19(21-10-12-26-13-14-27(2,24)25)22-18-9-6-11-23(16-18)15-17-7-4-3-5-8-17/h3-5,7-8,18H,6,9-16H2,1-2H3,(H2,20,21,22). The van der Waals surface area contributed by atoms with E-state index < -0.39 is 9.84 Å². The molecule has 152 valence electrons. The Morgan fingerprint density at radius 2 is 2.07 bits per heavy atom. The zero-order valence-electron chi connectivity index (χ0n) is 16.4. The Bertz CT molecular complexity index is 679. The Morgan fingerprint density at radius 3 is 2.78 bits per heavy atom. The van der Waals surface area contributed by atoms with Crippen LogP contribution in [0.5, 0.6) is 0 Å². The molecule has 0 aromatic heterocycles. The Morgan fingerprint density at radius 1 is 1.30 bits per heavy atom. The van der Waals surface area contributed by atoms with Crippen LogP contribution in [0, 0.1) is 0 Å². The third-order valence-corrected chi connectivity index (χ3v) is 5.36. The van der Waals surface area contributed by atoms with Crippen LogP contribution in [0.25, 0.3) is 0 Å². The zero-order valence-corrected chi connectivity index (χ0v) is 17.2. The van der Waals surface area contributed by atoms with Crippen LogP contribution in [0.2, 0.25) is 0 Å². The van der Waals surface area contributed by atoms with Crippen molar-refractivity contribution < 1.29 is 13.2 Å². The molecule has 1 aromatic carbocycles. The van der Waals surface area contributed by atoms with Crippen LogP contribution in [0.15, 0.2) is 35.3 Å². The third kappa shape index (κ3) is 9.21. The normalized spacial score (nSPS) is 19.0. The molecule has 1 aliphatic heterocycles. The number of ether oxygens (including phenoxy) is 1. The quantitative estimate of drug-likeness (QED) is 0.366. The summed E-state index contributed by atoms with van der Waals surface area (Å²) in [7, 11) is -1.21. The van der Waals surface area contributed by atoms with Gasteiger partial charge in [0.2, 0.25) is 0 Å². The molecule has 2 N–H and O–H groups in total. The van der Waals surface area contributed by atoms with Gasteiger partial charge >= 0.3 is 0 Å². The van der Waals surface area contributed by atoms with E-state index in [1.54, 1.807) is 7.05 Å². The van der Waals surface area contributed by atoms with Crippen molar-refractivity contribution in [2.45, 2.75) is 25.4 Å². The first-order valence-corrected chi connectivity index (χ1v) is 11.5. The van der Waals surface area contributed by atoms with Crippen molar-refractivity contribution in [2.75, 3.05) is 51.9 Å². The molecule has 1 heterocycles. The Labute approximate surface area is 163 Å². The van der Waals surface area contributed by atoms with Crippen molar-refractivity contribution in [1.29, 1.82) is 0 Å². The highest BCUT2D eigenvalue weighted by atomic mass is 32.2. The third-order valence-electron chi connectivity index (χ3n) is 4.46. The maximum Gasteiger partial charge on any atom is 0.191 e. The van der Waals surface area contributed by atoms with Crippen molar-refractivity contribution in [3.8, 4) is 0 Å². The second-order valence-corrected chi connectivity index (χ2v) is 9.21. The van der Waals surface area contributed by atoms with E-state index in [4.69, 9.17) is 4.74 Å². The molecule has 1 fully saturated rings. The highest BCUT2D eigenvalue weighted by Crippen LogP contribution is 2.13. The molecule has 0 aliphatic carbocycles. The number of rotatable bonds is 9. The molecule has 0 radical (unpaired) electrons. The second kappa shape index (κ2) is 11.3. The molecule has 1 atom stereocenters. The molecule has 1 aromatic rings. The summed E-state index contributed by atoms with van der Waals surface area (Å²) in [5.74, 6) is 0.813. The number of nitrogens with one attached hydrogen (secondary N) is 2. The monoisotopic (exact) mass is 396 g/mol. The lowest BCUT2D eigenvalue weighted by Gasteiger charge is -2.34. The highest BCUT2D eigenvalue weighted by molar-refractivity contribution is 7.90. The smallest absolute Gasteiger partial charge is 0.191 e. The molecule has 7 nitrogen and oxygen atoms in total. The summed E-state index contributed by atoms with van der Waals surface area (Å²) in [6.07, 6.45) is 3.50. The van der Waals surface area contributed by atoms with E-state index in [-0.39, 0.29) is 12.4 Å². The van der Waals surface area contributed by atoms with Crippen LogP contribution < -0.4 is 10.6 Å². The SMILES string of the molecule is CN=C(NCCOCCS(C)(=O)=O)NC1CCCN(Cc2ccccc2)C1. The molecular formula is C19H32N4O3S.